The Bertz CT molecular complexity index is 780. The minimum Gasteiger partial charge on any atom is -0.462 e. The van der Waals surface area contributed by atoms with E-state index in [-0.39, 0.29) is 24.1 Å². The molecule has 0 spiro atoms. The van der Waals surface area contributed by atoms with Crippen LogP contribution in [0.4, 0.5) is 11.8 Å². The third-order valence-electron chi connectivity index (χ3n) is 4.42. The second kappa shape index (κ2) is 9.28. The molecule has 0 aliphatic heterocycles. The third kappa shape index (κ3) is 5.74. The van der Waals surface area contributed by atoms with Gasteiger partial charge in [-0.2, -0.15) is 4.98 Å². The van der Waals surface area contributed by atoms with Gasteiger partial charge in [-0.05, 0) is 49.9 Å². The number of aromatic nitrogens is 2. The Morgan fingerprint density at radius 1 is 1.30 bits per heavy atom. The van der Waals surface area contributed by atoms with E-state index in [1.54, 1.807) is 18.0 Å². The van der Waals surface area contributed by atoms with Gasteiger partial charge in [0.05, 0.1) is 4.90 Å². The summed E-state index contributed by atoms with van der Waals surface area (Å²) in [6, 6.07) is 7.89. The highest BCUT2D eigenvalue weighted by atomic mass is 35.5. The summed E-state index contributed by atoms with van der Waals surface area (Å²) in [4.78, 5) is 21.9. The van der Waals surface area contributed by atoms with Gasteiger partial charge in [-0.15, -0.1) is 0 Å². The lowest BCUT2D eigenvalue weighted by molar-refractivity contribution is -0.150. The zero-order valence-electron chi connectivity index (χ0n) is 15.2. The van der Waals surface area contributed by atoms with E-state index in [1.807, 2.05) is 31.2 Å². The zero-order valence-corrected chi connectivity index (χ0v) is 16.7. The molecule has 0 amide bonds. The fourth-order valence-corrected chi connectivity index (χ4v) is 3.94. The number of ether oxygens (including phenoxy) is 1. The highest BCUT2D eigenvalue weighted by molar-refractivity contribution is 7.99. The molecule has 3 rings (SSSR count). The number of hydrogen-bond donors (Lipinski definition) is 2. The van der Waals surface area contributed by atoms with Crippen molar-refractivity contribution >= 4 is 41.1 Å². The molecule has 1 saturated carbocycles. The molecule has 27 heavy (non-hydrogen) atoms. The summed E-state index contributed by atoms with van der Waals surface area (Å²) in [5, 5.41) is 4.19. The molecule has 6 nitrogen and oxygen atoms in total. The Morgan fingerprint density at radius 3 is 2.67 bits per heavy atom. The lowest BCUT2D eigenvalue weighted by Crippen LogP contribution is -2.31. The van der Waals surface area contributed by atoms with Crippen molar-refractivity contribution in [2.45, 2.75) is 61.0 Å². The quantitative estimate of drug-likeness (QED) is 0.680. The molecule has 0 atom stereocenters. The summed E-state index contributed by atoms with van der Waals surface area (Å²) >= 11 is 7.51. The number of nitrogens with zero attached hydrogens (tertiary/aromatic N) is 2. The first-order valence-corrected chi connectivity index (χ1v) is 10.2. The predicted octanol–water partition coefficient (Wildman–Crippen LogP) is 4.54. The fraction of sp³-hybridized carbons (Fsp3) is 0.421. The number of halogens is 1. The molecule has 3 N–H and O–H groups in total. The van der Waals surface area contributed by atoms with Crippen LogP contribution in [0.15, 0.2) is 40.3 Å². The van der Waals surface area contributed by atoms with Crippen LogP contribution in [0.2, 0.25) is 5.02 Å². The minimum atomic E-state index is -0.128. The molecule has 0 unspecified atom stereocenters. The van der Waals surface area contributed by atoms with Crippen molar-refractivity contribution in [3.05, 3.63) is 35.5 Å². The first kappa shape index (κ1) is 19.8. The number of carbonyl (C=O) groups is 1. The molecular weight excluding hydrogens is 384 g/mol. The Hall–Kier alpha value is -1.99. The highest BCUT2D eigenvalue weighted by Gasteiger charge is 2.24. The maximum atomic E-state index is 11.4. The fourth-order valence-electron chi connectivity index (χ4n) is 2.98. The van der Waals surface area contributed by atoms with Gasteiger partial charge in [0.1, 0.15) is 11.9 Å². The van der Waals surface area contributed by atoms with Gasteiger partial charge in [-0.25, -0.2) is 4.98 Å². The standard InChI is InChI=1S/C19H23ClN4O2S/c1-2-17(25)26-14-7-5-13(6-8-14)23-18-16(11-22-19(21)24-18)27-15-9-3-12(20)4-10-15/h3-4,9-11,13-14H,2,5-8H2,1H3,(H3,21,22,23,24)/t13-,14-. The van der Waals surface area contributed by atoms with Gasteiger partial charge >= 0.3 is 5.97 Å². The van der Waals surface area contributed by atoms with Crippen molar-refractivity contribution in [1.82, 2.24) is 9.97 Å². The van der Waals surface area contributed by atoms with Gasteiger partial charge < -0.3 is 15.8 Å². The minimum absolute atomic E-state index is 0.0221. The van der Waals surface area contributed by atoms with Crippen LogP contribution in [0.5, 0.6) is 0 Å². The van der Waals surface area contributed by atoms with Crippen LogP contribution in [-0.4, -0.2) is 28.1 Å². The van der Waals surface area contributed by atoms with Gasteiger partial charge in [0.25, 0.3) is 0 Å². The molecule has 0 bridgehead atoms. The zero-order chi connectivity index (χ0) is 19.2. The molecule has 1 heterocycles. The Kier molecular flexibility index (Phi) is 6.79. The Balaban J connectivity index is 1.64. The van der Waals surface area contributed by atoms with Crippen LogP contribution in [-0.2, 0) is 9.53 Å². The first-order chi connectivity index (χ1) is 13.0. The van der Waals surface area contributed by atoms with Gasteiger partial charge in [-0.1, -0.05) is 30.3 Å². The monoisotopic (exact) mass is 406 g/mol. The summed E-state index contributed by atoms with van der Waals surface area (Å²) in [6.07, 6.45) is 5.71. The van der Waals surface area contributed by atoms with Crippen molar-refractivity contribution in [1.29, 1.82) is 0 Å². The molecule has 1 aromatic heterocycles. The van der Waals surface area contributed by atoms with E-state index in [0.717, 1.165) is 41.3 Å². The average Bonchev–Trinajstić information content (AvgIpc) is 2.67. The number of benzene rings is 1. The van der Waals surface area contributed by atoms with Crippen LogP contribution >= 0.6 is 23.4 Å². The summed E-state index contributed by atoms with van der Waals surface area (Å²) in [5.41, 5.74) is 5.79. The number of nitrogens with one attached hydrogen (secondary N) is 1. The van der Waals surface area contributed by atoms with E-state index in [2.05, 4.69) is 15.3 Å². The summed E-state index contributed by atoms with van der Waals surface area (Å²) in [6.45, 7) is 1.81. The smallest absolute Gasteiger partial charge is 0.305 e. The predicted molar refractivity (Wildman–Crippen MR) is 108 cm³/mol. The molecule has 1 aromatic carbocycles. The average molecular weight is 407 g/mol. The maximum absolute atomic E-state index is 11.4. The number of rotatable bonds is 6. The second-order valence-electron chi connectivity index (χ2n) is 6.46. The highest BCUT2D eigenvalue weighted by Crippen LogP contribution is 2.34. The van der Waals surface area contributed by atoms with E-state index in [0.29, 0.717) is 11.4 Å². The van der Waals surface area contributed by atoms with Gasteiger partial charge in [-0.3, -0.25) is 4.79 Å². The van der Waals surface area contributed by atoms with Crippen molar-refractivity contribution in [2.75, 3.05) is 11.1 Å². The molecule has 0 saturated heterocycles. The molecule has 1 fully saturated rings. The summed E-state index contributed by atoms with van der Waals surface area (Å²) in [5.74, 6) is 0.844. The van der Waals surface area contributed by atoms with Gasteiger partial charge in [0, 0.05) is 28.6 Å². The first-order valence-electron chi connectivity index (χ1n) is 9.05. The number of nitrogen functional groups attached to an aromatic ring is 1. The lowest BCUT2D eigenvalue weighted by Gasteiger charge is -2.29. The van der Waals surface area contributed by atoms with E-state index >= 15 is 0 Å². The Labute approximate surface area is 168 Å². The summed E-state index contributed by atoms with van der Waals surface area (Å²) in [7, 11) is 0. The summed E-state index contributed by atoms with van der Waals surface area (Å²) < 4.78 is 5.44. The number of nitrogens with two attached hydrogens (primary N) is 1. The SMILES string of the molecule is CCC(=O)O[C@H]1CC[C@H](Nc2nc(N)ncc2Sc2ccc(Cl)cc2)CC1. The van der Waals surface area contributed by atoms with Crippen LogP contribution in [0, 0.1) is 0 Å². The largest absolute Gasteiger partial charge is 0.462 e. The van der Waals surface area contributed by atoms with Crippen LogP contribution < -0.4 is 11.1 Å². The van der Waals surface area contributed by atoms with E-state index < -0.39 is 0 Å². The topological polar surface area (TPSA) is 90.1 Å². The number of anilines is 2. The normalized spacial score (nSPS) is 19.5. The third-order valence-corrected chi connectivity index (χ3v) is 5.70. The van der Waals surface area contributed by atoms with Crippen molar-refractivity contribution in [3.63, 3.8) is 0 Å². The molecule has 144 valence electrons. The molecule has 1 aliphatic carbocycles. The van der Waals surface area contributed by atoms with Crippen molar-refractivity contribution in [3.8, 4) is 0 Å². The maximum Gasteiger partial charge on any atom is 0.305 e. The van der Waals surface area contributed by atoms with E-state index in [1.165, 1.54) is 0 Å². The van der Waals surface area contributed by atoms with Crippen molar-refractivity contribution in [2.24, 2.45) is 0 Å². The van der Waals surface area contributed by atoms with Crippen LogP contribution in [0.25, 0.3) is 0 Å². The second-order valence-corrected chi connectivity index (χ2v) is 8.01. The number of carbonyl (C=O) groups excluding carboxylic acids is 1. The van der Waals surface area contributed by atoms with Crippen LogP contribution in [0.1, 0.15) is 39.0 Å². The number of esters is 1. The van der Waals surface area contributed by atoms with E-state index in [9.17, 15) is 4.79 Å². The lowest BCUT2D eigenvalue weighted by atomic mass is 9.93. The van der Waals surface area contributed by atoms with Crippen LogP contribution in [0.3, 0.4) is 0 Å². The van der Waals surface area contributed by atoms with Gasteiger partial charge in [0.2, 0.25) is 5.95 Å². The molecule has 2 aromatic rings. The van der Waals surface area contributed by atoms with E-state index in [4.69, 9.17) is 22.1 Å². The Morgan fingerprint density at radius 2 is 2.00 bits per heavy atom. The van der Waals surface area contributed by atoms with Crippen molar-refractivity contribution < 1.29 is 9.53 Å². The molecule has 8 heteroatoms. The molecule has 0 radical (unpaired) electrons. The molecular formula is C19H23ClN4O2S. The molecule has 1 aliphatic rings. The number of hydrogen-bond acceptors (Lipinski definition) is 7. The van der Waals surface area contributed by atoms with Gasteiger partial charge in [0.15, 0.2) is 0 Å².